The zero-order valence-corrected chi connectivity index (χ0v) is 8.35. The largest absolute Gasteiger partial charge is 0.390 e. The molecule has 0 aliphatic carbocycles. The highest BCUT2D eigenvalue weighted by Gasteiger charge is 2.27. The van der Waals surface area contributed by atoms with Crippen LogP contribution in [0.2, 0.25) is 0 Å². The van der Waals surface area contributed by atoms with Gasteiger partial charge in [-0.2, -0.15) is 5.10 Å². The van der Waals surface area contributed by atoms with Crippen molar-refractivity contribution >= 4 is 5.82 Å². The van der Waals surface area contributed by atoms with E-state index in [1.807, 2.05) is 19.1 Å². The van der Waals surface area contributed by atoms with Crippen molar-refractivity contribution in [1.29, 1.82) is 0 Å². The van der Waals surface area contributed by atoms with Crippen molar-refractivity contribution in [2.75, 3.05) is 18.0 Å². The maximum absolute atomic E-state index is 9.78. The van der Waals surface area contributed by atoms with E-state index in [1.165, 1.54) is 0 Å². The van der Waals surface area contributed by atoms with Crippen molar-refractivity contribution in [1.82, 2.24) is 10.2 Å². The summed E-state index contributed by atoms with van der Waals surface area (Å²) in [7, 11) is 0. The Morgan fingerprint density at radius 2 is 2.14 bits per heavy atom. The quantitative estimate of drug-likeness (QED) is 0.717. The van der Waals surface area contributed by atoms with E-state index in [-0.39, 0.29) is 0 Å². The van der Waals surface area contributed by atoms with Crippen LogP contribution in [0.15, 0.2) is 18.3 Å². The van der Waals surface area contributed by atoms with Gasteiger partial charge in [-0.1, -0.05) is 0 Å². The van der Waals surface area contributed by atoms with Crippen LogP contribution in [0.3, 0.4) is 0 Å². The first-order valence-electron chi connectivity index (χ1n) is 4.92. The number of hydrogen-bond acceptors (Lipinski definition) is 4. The summed E-state index contributed by atoms with van der Waals surface area (Å²) in [6.45, 7) is 3.60. The zero-order valence-electron chi connectivity index (χ0n) is 8.35. The fraction of sp³-hybridized carbons (Fsp3) is 0.600. The second kappa shape index (κ2) is 3.53. The molecule has 0 radical (unpaired) electrons. The van der Waals surface area contributed by atoms with Gasteiger partial charge < -0.3 is 10.0 Å². The average molecular weight is 193 g/mol. The Bertz CT molecular complexity index is 289. The Labute approximate surface area is 83.6 Å². The average Bonchev–Trinajstić information content (AvgIpc) is 2.19. The van der Waals surface area contributed by atoms with E-state index in [1.54, 1.807) is 6.20 Å². The third kappa shape index (κ3) is 2.01. The molecule has 0 amide bonds. The molecule has 1 aromatic heterocycles. The molecular formula is C10H15N3O. The summed E-state index contributed by atoms with van der Waals surface area (Å²) in [6.07, 6.45) is 3.26. The van der Waals surface area contributed by atoms with Gasteiger partial charge in [0.15, 0.2) is 5.82 Å². The lowest BCUT2D eigenvalue weighted by Gasteiger charge is -2.36. The first kappa shape index (κ1) is 9.40. The second-order valence-electron chi connectivity index (χ2n) is 4.07. The van der Waals surface area contributed by atoms with Crippen LogP contribution in [-0.4, -0.2) is 34.0 Å². The van der Waals surface area contributed by atoms with Crippen LogP contribution in [-0.2, 0) is 0 Å². The molecule has 14 heavy (non-hydrogen) atoms. The number of rotatable bonds is 1. The van der Waals surface area contributed by atoms with E-state index in [0.29, 0.717) is 0 Å². The van der Waals surface area contributed by atoms with Crippen LogP contribution >= 0.6 is 0 Å². The Morgan fingerprint density at radius 3 is 2.71 bits per heavy atom. The summed E-state index contributed by atoms with van der Waals surface area (Å²) in [5.74, 6) is 0.906. The molecule has 2 heterocycles. The number of aromatic nitrogens is 2. The van der Waals surface area contributed by atoms with E-state index in [0.717, 1.165) is 31.7 Å². The molecule has 1 saturated heterocycles. The molecule has 4 nitrogen and oxygen atoms in total. The van der Waals surface area contributed by atoms with Gasteiger partial charge in [0.05, 0.1) is 5.60 Å². The molecule has 0 atom stereocenters. The molecule has 4 heteroatoms. The summed E-state index contributed by atoms with van der Waals surface area (Å²) < 4.78 is 0. The Kier molecular flexibility index (Phi) is 2.37. The summed E-state index contributed by atoms with van der Waals surface area (Å²) in [5, 5.41) is 17.7. The van der Waals surface area contributed by atoms with Crippen molar-refractivity contribution in [3.05, 3.63) is 18.3 Å². The minimum atomic E-state index is -0.501. The lowest BCUT2D eigenvalue weighted by Crippen LogP contribution is -2.42. The molecule has 0 bridgehead atoms. The van der Waals surface area contributed by atoms with E-state index in [9.17, 15) is 5.11 Å². The molecule has 1 aromatic rings. The molecule has 2 rings (SSSR count). The Balaban J connectivity index is 2.03. The van der Waals surface area contributed by atoms with E-state index in [4.69, 9.17) is 0 Å². The highest BCUT2D eigenvalue weighted by atomic mass is 16.3. The normalized spacial score (nSPS) is 20.9. The Morgan fingerprint density at radius 1 is 1.43 bits per heavy atom. The van der Waals surface area contributed by atoms with Crippen molar-refractivity contribution in [3.63, 3.8) is 0 Å². The van der Waals surface area contributed by atoms with Gasteiger partial charge in [0.1, 0.15) is 0 Å². The van der Waals surface area contributed by atoms with Gasteiger partial charge in [-0.25, -0.2) is 0 Å². The molecular weight excluding hydrogens is 178 g/mol. The standard InChI is InChI=1S/C10H15N3O/c1-10(14)4-7-13(8-5-10)9-3-2-6-11-12-9/h2-3,6,14H,4-5,7-8H2,1H3. The van der Waals surface area contributed by atoms with Crippen LogP contribution in [0, 0.1) is 0 Å². The van der Waals surface area contributed by atoms with Crippen LogP contribution in [0.25, 0.3) is 0 Å². The van der Waals surface area contributed by atoms with E-state index >= 15 is 0 Å². The Hall–Kier alpha value is -1.16. The third-order valence-electron chi connectivity index (χ3n) is 2.72. The first-order chi connectivity index (χ1) is 6.67. The minimum Gasteiger partial charge on any atom is -0.390 e. The molecule has 0 spiro atoms. The molecule has 1 N–H and O–H groups in total. The van der Waals surface area contributed by atoms with Gasteiger partial charge in [0.25, 0.3) is 0 Å². The number of aliphatic hydroxyl groups is 1. The smallest absolute Gasteiger partial charge is 0.151 e. The molecule has 76 valence electrons. The first-order valence-corrected chi connectivity index (χ1v) is 4.92. The molecule has 0 aromatic carbocycles. The molecule has 0 saturated carbocycles. The molecule has 1 fully saturated rings. The predicted molar refractivity (Wildman–Crippen MR) is 54.1 cm³/mol. The summed E-state index contributed by atoms with van der Waals surface area (Å²) in [5.41, 5.74) is -0.501. The lowest BCUT2D eigenvalue weighted by atomic mass is 9.94. The van der Waals surface area contributed by atoms with Gasteiger partial charge in [-0.15, -0.1) is 5.10 Å². The van der Waals surface area contributed by atoms with Crippen molar-refractivity contribution in [2.24, 2.45) is 0 Å². The van der Waals surface area contributed by atoms with Gasteiger partial charge in [-0.3, -0.25) is 0 Å². The maximum Gasteiger partial charge on any atom is 0.151 e. The van der Waals surface area contributed by atoms with Gasteiger partial charge in [-0.05, 0) is 31.9 Å². The zero-order chi connectivity index (χ0) is 10.0. The number of piperidine rings is 1. The van der Waals surface area contributed by atoms with Crippen LogP contribution in [0.1, 0.15) is 19.8 Å². The predicted octanol–water partition coefficient (Wildman–Crippen LogP) is 0.828. The van der Waals surface area contributed by atoms with Gasteiger partial charge >= 0.3 is 0 Å². The molecule has 1 aliphatic heterocycles. The van der Waals surface area contributed by atoms with Crippen LogP contribution < -0.4 is 4.90 Å². The summed E-state index contributed by atoms with van der Waals surface area (Å²) >= 11 is 0. The van der Waals surface area contributed by atoms with E-state index < -0.39 is 5.60 Å². The van der Waals surface area contributed by atoms with Crippen LogP contribution in [0.4, 0.5) is 5.82 Å². The molecule has 1 aliphatic rings. The fourth-order valence-corrected chi connectivity index (χ4v) is 1.68. The van der Waals surface area contributed by atoms with E-state index in [2.05, 4.69) is 15.1 Å². The van der Waals surface area contributed by atoms with Gasteiger partial charge in [0.2, 0.25) is 0 Å². The molecule has 0 unspecified atom stereocenters. The van der Waals surface area contributed by atoms with Crippen molar-refractivity contribution < 1.29 is 5.11 Å². The summed E-state index contributed by atoms with van der Waals surface area (Å²) in [4.78, 5) is 2.16. The number of nitrogens with zero attached hydrogens (tertiary/aromatic N) is 3. The van der Waals surface area contributed by atoms with Gasteiger partial charge in [0, 0.05) is 19.3 Å². The van der Waals surface area contributed by atoms with Crippen molar-refractivity contribution in [2.45, 2.75) is 25.4 Å². The fourth-order valence-electron chi connectivity index (χ4n) is 1.68. The maximum atomic E-state index is 9.78. The summed E-state index contributed by atoms with van der Waals surface area (Å²) in [6, 6.07) is 3.84. The van der Waals surface area contributed by atoms with Crippen LogP contribution in [0.5, 0.6) is 0 Å². The number of hydrogen-bond donors (Lipinski definition) is 1. The topological polar surface area (TPSA) is 49.2 Å². The number of anilines is 1. The monoisotopic (exact) mass is 193 g/mol. The van der Waals surface area contributed by atoms with Crippen molar-refractivity contribution in [3.8, 4) is 0 Å². The SMILES string of the molecule is CC1(O)CCN(c2cccnn2)CC1. The second-order valence-corrected chi connectivity index (χ2v) is 4.07. The lowest BCUT2D eigenvalue weighted by molar-refractivity contribution is 0.0350. The minimum absolute atomic E-state index is 0.501. The highest BCUT2D eigenvalue weighted by molar-refractivity contribution is 5.36. The highest BCUT2D eigenvalue weighted by Crippen LogP contribution is 2.23. The third-order valence-corrected chi connectivity index (χ3v) is 2.72.